The summed E-state index contributed by atoms with van der Waals surface area (Å²) in [4.78, 5) is 0. The summed E-state index contributed by atoms with van der Waals surface area (Å²) in [5, 5.41) is 6.83. The molecule has 1 heterocycles. The molecule has 0 saturated carbocycles. The van der Waals surface area contributed by atoms with E-state index in [-0.39, 0.29) is 0 Å². The summed E-state index contributed by atoms with van der Waals surface area (Å²) < 4.78 is 5.21. The maximum Gasteiger partial charge on any atom is 0.166 e. The van der Waals surface area contributed by atoms with Crippen LogP contribution in [0.15, 0.2) is 0 Å². The highest BCUT2D eigenvalue weighted by atomic mass is 32.1. The van der Waals surface area contributed by atoms with Gasteiger partial charge < -0.3 is 15.4 Å². The van der Waals surface area contributed by atoms with E-state index in [1.807, 2.05) is 7.05 Å². The lowest BCUT2D eigenvalue weighted by Gasteiger charge is -2.23. The van der Waals surface area contributed by atoms with Gasteiger partial charge in [-0.25, -0.2) is 0 Å². The van der Waals surface area contributed by atoms with E-state index in [0.29, 0.717) is 6.04 Å². The Morgan fingerprint density at radius 2 is 2.09 bits per heavy atom. The molecule has 1 rings (SSSR count). The highest BCUT2D eigenvalue weighted by molar-refractivity contribution is 7.80. The van der Waals surface area contributed by atoms with Crippen molar-refractivity contribution in [1.29, 1.82) is 0 Å². The van der Waals surface area contributed by atoms with Gasteiger partial charge in [0.05, 0.1) is 0 Å². The van der Waals surface area contributed by atoms with Gasteiger partial charge >= 0.3 is 0 Å². The Bertz CT molecular complexity index is 134. The molecule has 0 radical (unpaired) electrons. The topological polar surface area (TPSA) is 33.3 Å². The summed E-state index contributed by atoms with van der Waals surface area (Å²) in [5.41, 5.74) is 0. The van der Waals surface area contributed by atoms with E-state index in [1.54, 1.807) is 0 Å². The van der Waals surface area contributed by atoms with Crippen molar-refractivity contribution in [2.75, 3.05) is 20.3 Å². The molecule has 0 unspecified atom stereocenters. The average Bonchev–Trinajstić information content (AvgIpc) is 2.06. The van der Waals surface area contributed by atoms with Gasteiger partial charge in [-0.1, -0.05) is 0 Å². The Hall–Kier alpha value is -0.350. The van der Waals surface area contributed by atoms with Gasteiger partial charge in [-0.3, -0.25) is 0 Å². The van der Waals surface area contributed by atoms with Gasteiger partial charge in [0.15, 0.2) is 5.11 Å². The minimum Gasteiger partial charge on any atom is -0.381 e. The first kappa shape index (κ1) is 8.74. The lowest BCUT2D eigenvalue weighted by molar-refractivity contribution is 0.0824. The van der Waals surface area contributed by atoms with E-state index in [1.165, 1.54) is 0 Å². The van der Waals surface area contributed by atoms with Crippen LogP contribution in [0, 0.1) is 0 Å². The first-order chi connectivity index (χ1) is 5.33. The molecule has 0 aromatic rings. The second-order valence-electron chi connectivity index (χ2n) is 2.61. The molecule has 0 aromatic heterocycles. The van der Waals surface area contributed by atoms with Crippen LogP contribution in [0.2, 0.25) is 0 Å². The van der Waals surface area contributed by atoms with Crippen molar-refractivity contribution in [1.82, 2.24) is 10.6 Å². The SMILES string of the molecule is CNC(=S)NC1CCOCC1. The normalized spacial score (nSPS) is 19.4. The molecule has 3 nitrogen and oxygen atoms in total. The summed E-state index contributed by atoms with van der Waals surface area (Å²) >= 11 is 4.97. The maximum atomic E-state index is 5.21. The molecular formula is C7H14N2OS. The van der Waals surface area contributed by atoms with Crippen molar-refractivity contribution in [2.45, 2.75) is 18.9 Å². The van der Waals surface area contributed by atoms with E-state index in [9.17, 15) is 0 Å². The molecule has 2 N–H and O–H groups in total. The average molecular weight is 174 g/mol. The lowest BCUT2D eigenvalue weighted by atomic mass is 10.1. The molecule has 1 aliphatic rings. The molecular weight excluding hydrogens is 160 g/mol. The maximum absolute atomic E-state index is 5.21. The molecule has 0 aliphatic carbocycles. The van der Waals surface area contributed by atoms with Crippen LogP contribution in [0.5, 0.6) is 0 Å². The minimum atomic E-state index is 0.503. The third-order valence-corrected chi connectivity index (χ3v) is 2.11. The minimum absolute atomic E-state index is 0.503. The van der Waals surface area contributed by atoms with Crippen LogP contribution in [0.3, 0.4) is 0 Å². The van der Waals surface area contributed by atoms with Crippen molar-refractivity contribution in [2.24, 2.45) is 0 Å². The predicted octanol–water partition coefficient (Wildman–Crippen LogP) is 0.259. The van der Waals surface area contributed by atoms with Crippen molar-refractivity contribution in [3.8, 4) is 0 Å². The van der Waals surface area contributed by atoms with Crippen LogP contribution >= 0.6 is 12.2 Å². The van der Waals surface area contributed by atoms with Crippen LogP contribution in [-0.2, 0) is 4.74 Å². The van der Waals surface area contributed by atoms with Crippen molar-refractivity contribution < 1.29 is 4.74 Å². The standard InChI is InChI=1S/C7H14N2OS/c1-8-7(11)9-6-2-4-10-5-3-6/h6H,2-5H2,1H3,(H2,8,9,11). The van der Waals surface area contributed by atoms with Gasteiger partial charge in [0.1, 0.15) is 0 Å². The Balaban J connectivity index is 2.19. The van der Waals surface area contributed by atoms with Crippen molar-refractivity contribution in [3.63, 3.8) is 0 Å². The van der Waals surface area contributed by atoms with E-state index in [2.05, 4.69) is 10.6 Å². The molecule has 0 bridgehead atoms. The quantitative estimate of drug-likeness (QED) is 0.559. The molecule has 0 atom stereocenters. The van der Waals surface area contributed by atoms with Gasteiger partial charge in [-0.2, -0.15) is 0 Å². The third-order valence-electron chi connectivity index (χ3n) is 1.78. The van der Waals surface area contributed by atoms with Crippen LogP contribution in [0.1, 0.15) is 12.8 Å². The number of rotatable bonds is 1. The van der Waals surface area contributed by atoms with E-state index in [0.717, 1.165) is 31.2 Å². The molecule has 0 amide bonds. The molecule has 0 spiro atoms. The Labute approximate surface area is 72.5 Å². The highest BCUT2D eigenvalue weighted by Crippen LogP contribution is 2.05. The van der Waals surface area contributed by atoms with Gasteiger partial charge in [0, 0.05) is 26.3 Å². The second-order valence-corrected chi connectivity index (χ2v) is 3.02. The summed E-state index contributed by atoms with van der Waals surface area (Å²) in [6, 6.07) is 0.503. The number of hydrogen-bond donors (Lipinski definition) is 2. The number of nitrogens with one attached hydrogen (secondary N) is 2. The Morgan fingerprint density at radius 3 is 2.64 bits per heavy atom. The predicted molar refractivity (Wildman–Crippen MR) is 48.6 cm³/mol. The zero-order valence-electron chi connectivity index (χ0n) is 6.72. The van der Waals surface area contributed by atoms with Crippen LogP contribution in [0.25, 0.3) is 0 Å². The van der Waals surface area contributed by atoms with Crippen LogP contribution < -0.4 is 10.6 Å². The van der Waals surface area contributed by atoms with Crippen molar-refractivity contribution >= 4 is 17.3 Å². The molecule has 11 heavy (non-hydrogen) atoms. The fraction of sp³-hybridized carbons (Fsp3) is 0.857. The fourth-order valence-corrected chi connectivity index (χ4v) is 1.27. The monoisotopic (exact) mass is 174 g/mol. The summed E-state index contributed by atoms with van der Waals surface area (Å²) in [6.45, 7) is 1.70. The smallest absolute Gasteiger partial charge is 0.166 e. The summed E-state index contributed by atoms with van der Waals surface area (Å²) in [6.07, 6.45) is 2.11. The zero-order chi connectivity index (χ0) is 8.10. The van der Waals surface area contributed by atoms with E-state index < -0.39 is 0 Å². The number of hydrogen-bond acceptors (Lipinski definition) is 2. The molecule has 1 fully saturated rings. The van der Waals surface area contributed by atoms with Crippen molar-refractivity contribution in [3.05, 3.63) is 0 Å². The van der Waals surface area contributed by atoms with Gasteiger partial charge in [0.25, 0.3) is 0 Å². The number of thiocarbonyl (C=S) groups is 1. The van der Waals surface area contributed by atoms with E-state index >= 15 is 0 Å². The molecule has 64 valence electrons. The highest BCUT2D eigenvalue weighted by Gasteiger charge is 2.13. The van der Waals surface area contributed by atoms with Crippen LogP contribution in [0.4, 0.5) is 0 Å². The molecule has 1 saturated heterocycles. The first-order valence-electron chi connectivity index (χ1n) is 3.89. The van der Waals surface area contributed by atoms with Crippen LogP contribution in [-0.4, -0.2) is 31.4 Å². The third kappa shape index (κ3) is 3.03. The Kier molecular flexibility index (Phi) is 3.59. The zero-order valence-corrected chi connectivity index (χ0v) is 7.54. The largest absolute Gasteiger partial charge is 0.381 e. The van der Waals surface area contributed by atoms with Gasteiger partial charge in [-0.15, -0.1) is 0 Å². The molecule has 4 heteroatoms. The van der Waals surface area contributed by atoms with Gasteiger partial charge in [0.2, 0.25) is 0 Å². The van der Waals surface area contributed by atoms with Gasteiger partial charge in [-0.05, 0) is 25.1 Å². The number of ether oxygens (including phenoxy) is 1. The Morgan fingerprint density at radius 1 is 1.45 bits per heavy atom. The van der Waals surface area contributed by atoms with E-state index in [4.69, 9.17) is 17.0 Å². The molecule has 0 aromatic carbocycles. The fourth-order valence-electron chi connectivity index (χ4n) is 1.10. The lowest BCUT2D eigenvalue weighted by Crippen LogP contribution is -2.43. The summed E-state index contributed by atoms with van der Waals surface area (Å²) in [7, 11) is 1.83. The summed E-state index contributed by atoms with van der Waals surface area (Å²) in [5.74, 6) is 0. The first-order valence-corrected chi connectivity index (χ1v) is 4.29. The second kappa shape index (κ2) is 4.51. The molecule has 1 aliphatic heterocycles.